The Balaban J connectivity index is 2.17. The standard InChI is InChI=1S/C12H16O2/c1-9-12(2,13)8-11(14-9)10-6-4-3-5-7-10/h3-7,9,11,13H,8H2,1-2H3/t9-,11-,12-/m0/s1. The molecule has 0 saturated carbocycles. The van der Waals surface area contributed by atoms with E-state index in [1.165, 1.54) is 0 Å². The largest absolute Gasteiger partial charge is 0.387 e. The van der Waals surface area contributed by atoms with E-state index >= 15 is 0 Å². The Bertz CT molecular complexity index is 305. The monoisotopic (exact) mass is 192 g/mol. The zero-order valence-corrected chi connectivity index (χ0v) is 8.60. The molecule has 76 valence electrons. The number of aliphatic hydroxyl groups is 1. The van der Waals surface area contributed by atoms with E-state index in [4.69, 9.17) is 4.74 Å². The van der Waals surface area contributed by atoms with Gasteiger partial charge in [0.25, 0.3) is 0 Å². The van der Waals surface area contributed by atoms with E-state index in [-0.39, 0.29) is 12.2 Å². The molecule has 1 saturated heterocycles. The number of benzene rings is 1. The van der Waals surface area contributed by atoms with E-state index in [0.717, 1.165) is 5.56 Å². The number of hydrogen-bond donors (Lipinski definition) is 1. The Kier molecular flexibility index (Phi) is 2.33. The van der Waals surface area contributed by atoms with E-state index < -0.39 is 5.60 Å². The van der Waals surface area contributed by atoms with Crippen LogP contribution in [-0.2, 0) is 4.74 Å². The molecule has 0 spiro atoms. The molecule has 2 rings (SSSR count). The lowest BCUT2D eigenvalue weighted by molar-refractivity contribution is -0.0262. The SMILES string of the molecule is C[C@@H]1O[C@H](c2ccccc2)C[C@]1(C)O. The summed E-state index contributed by atoms with van der Waals surface area (Å²) in [4.78, 5) is 0. The first-order valence-corrected chi connectivity index (χ1v) is 5.02. The lowest BCUT2D eigenvalue weighted by Gasteiger charge is -2.18. The Morgan fingerprint density at radius 2 is 2.00 bits per heavy atom. The van der Waals surface area contributed by atoms with Crippen molar-refractivity contribution in [1.82, 2.24) is 0 Å². The molecule has 0 aliphatic carbocycles. The summed E-state index contributed by atoms with van der Waals surface area (Å²) in [5, 5.41) is 9.97. The van der Waals surface area contributed by atoms with Crippen molar-refractivity contribution in [3.05, 3.63) is 35.9 Å². The van der Waals surface area contributed by atoms with Crippen LogP contribution in [0, 0.1) is 0 Å². The van der Waals surface area contributed by atoms with Crippen LogP contribution < -0.4 is 0 Å². The van der Waals surface area contributed by atoms with Crippen molar-refractivity contribution in [2.24, 2.45) is 0 Å². The molecular weight excluding hydrogens is 176 g/mol. The topological polar surface area (TPSA) is 29.5 Å². The van der Waals surface area contributed by atoms with Gasteiger partial charge in [0, 0.05) is 6.42 Å². The maximum Gasteiger partial charge on any atom is 0.0905 e. The Morgan fingerprint density at radius 3 is 2.50 bits per heavy atom. The van der Waals surface area contributed by atoms with Crippen LogP contribution in [0.5, 0.6) is 0 Å². The number of rotatable bonds is 1. The predicted octanol–water partition coefficient (Wildman–Crippen LogP) is 2.29. The molecule has 1 N–H and O–H groups in total. The first-order valence-electron chi connectivity index (χ1n) is 5.02. The predicted molar refractivity (Wildman–Crippen MR) is 55.0 cm³/mol. The van der Waals surface area contributed by atoms with Crippen LogP contribution in [0.1, 0.15) is 31.9 Å². The quantitative estimate of drug-likeness (QED) is 0.739. The van der Waals surface area contributed by atoms with Crippen molar-refractivity contribution >= 4 is 0 Å². The first-order chi connectivity index (χ1) is 6.59. The van der Waals surface area contributed by atoms with Crippen molar-refractivity contribution in [3.63, 3.8) is 0 Å². The lowest BCUT2D eigenvalue weighted by Crippen LogP contribution is -2.31. The summed E-state index contributed by atoms with van der Waals surface area (Å²) in [7, 11) is 0. The molecule has 1 aromatic carbocycles. The maximum atomic E-state index is 9.97. The smallest absolute Gasteiger partial charge is 0.0905 e. The first kappa shape index (κ1) is 9.69. The fourth-order valence-electron chi connectivity index (χ4n) is 1.85. The molecule has 0 unspecified atom stereocenters. The second-order valence-electron chi connectivity index (χ2n) is 4.24. The van der Waals surface area contributed by atoms with Gasteiger partial charge in [-0.3, -0.25) is 0 Å². The van der Waals surface area contributed by atoms with Crippen molar-refractivity contribution < 1.29 is 9.84 Å². The summed E-state index contributed by atoms with van der Waals surface area (Å²) in [6.45, 7) is 3.75. The van der Waals surface area contributed by atoms with Gasteiger partial charge in [-0.15, -0.1) is 0 Å². The van der Waals surface area contributed by atoms with Gasteiger partial charge >= 0.3 is 0 Å². The van der Waals surface area contributed by atoms with E-state index in [2.05, 4.69) is 0 Å². The Labute approximate surface area is 84.5 Å². The Hall–Kier alpha value is -0.860. The highest BCUT2D eigenvalue weighted by Gasteiger charge is 2.41. The minimum Gasteiger partial charge on any atom is -0.387 e. The zero-order valence-electron chi connectivity index (χ0n) is 8.60. The second-order valence-corrected chi connectivity index (χ2v) is 4.24. The molecule has 2 heteroatoms. The third-order valence-electron chi connectivity index (χ3n) is 3.01. The van der Waals surface area contributed by atoms with Crippen molar-refractivity contribution in [2.45, 2.75) is 38.1 Å². The lowest BCUT2D eigenvalue weighted by atomic mass is 9.94. The highest BCUT2D eigenvalue weighted by Crippen LogP contribution is 2.38. The summed E-state index contributed by atoms with van der Waals surface area (Å²) in [6, 6.07) is 10.1. The van der Waals surface area contributed by atoms with Crippen molar-refractivity contribution in [3.8, 4) is 0 Å². The van der Waals surface area contributed by atoms with Crippen LogP contribution in [0.4, 0.5) is 0 Å². The van der Waals surface area contributed by atoms with Gasteiger partial charge in [-0.05, 0) is 19.4 Å². The van der Waals surface area contributed by atoms with Crippen LogP contribution in [0.2, 0.25) is 0 Å². The molecule has 1 aliphatic rings. The molecule has 1 aliphatic heterocycles. The molecule has 0 amide bonds. The summed E-state index contributed by atoms with van der Waals surface area (Å²) in [5.74, 6) is 0. The fraction of sp³-hybridized carbons (Fsp3) is 0.500. The highest BCUT2D eigenvalue weighted by atomic mass is 16.5. The maximum absolute atomic E-state index is 9.97. The molecule has 0 bridgehead atoms. The molecule has 0 aromatic heterocycles. The summed E-state index contributed by atoms with van der Waals surface area (Å²) < 4.78 is 5.71. The normalized spacial score (nSPS) is 37.4. The minimum absolute atomic E-state index is 0.0428. The number of ether oxygens (including phenoxy) is 1. The zero-order chi connectivity index (χ0) is 10.2. The van der Waals surface area contributed by atoms with Gasteiger partial charge in [-0.1, -0.05) is 30.3 Å². The summed E-state index contributed by atoms with van der Waals surface area (Å²) in [5.41, 5.74) is 0.456. The van der Waals surface area contributed by atoms with Crippen molar-refractivity contribution in [2.75, 3.05) is 0 Å². The fourth-order valence-corrected chi connectivity index (χ4v) is 1.85. The van der Waals surface area contributed by atoms with Gasteiger partial charge in [-0.25, -0.2) is 0 Å². The van der Waals surface area contributed by atoms with Gasteiger partial charge in [-0.2, -0.15) is 0 Å². The van der Waals surface area contributed by atoms with E-state index in [0.29, 0.717) is 6.42 Å². The van der Waals surface area contributed by atoms with Crippen LogP contribution in [0.25, 0.3) is 0 Å². The van der Waals surface area contributed by atoms with Crippen LogP contribution in [0.3, 0.4) is 0 Å². The average Bonchev–Trinajstić information content (AvgIpc) is 2.43. The molecule has 3 atom stereocenters. The second kappa shape index (κ2) is 3.37. The van der Waals surface area contributed by atoms with Gasteiger partial charge in [0.2, 0.25) is 0 Å². The molecule has 1 fully saturated rings. The van der Waals surface area contributed by atoms with Crippen molar-refractivity contribution in [1.29, 1.82) is 0 Å². The van der Waals surface area contributed by atoms with Crippen LogP contribution >= 0.6 is 0 Å². The molecule has 14 heavy (non-hydrogen) atoms. The average molecular weight is 192 g/mol. The van der Waals surface area contributed by atoms with Crippen LogP contribution in [0.15, 0.2) is 30.3 Å². The van der Waals surface area contributed by atoms with E-state index in [9.17, 15) is 5.11 Å². The summed E-state index contributed by atoms with van der Waals surface area (Å²) in [6.07, 6.45) is 0.631. The molecule has 2 nitrogen and oxygen atoms in total. The molecule has 0 radical (unpaired) electrons. The molecule has 1 heterocycles. The van der Waals surface area contributed by atoms with Gasteiger partial charge in [0.15, 0.2) is 0 Å². The summed E-state index contributed by atoms with van der Waals surface area (Å²) >= 11 is 0. The van der Waals surface area contributed by atoms with E-state index in [1.807, 2.05) is 44.2 Å². The van der Waals surface area contributed by atoms with Gasteiger partial charge < -0.3 is 9.84 Å². The minimum atomic E-state index is -0.694. The molecular formula is C12H16O2. The van der Waals surface area contributed by atoms with E-state index in [1.54, 1.807) is 0 Å². The highest BCUT2D eigenvalue weighted by molar-refractivity contribution is 5.19. The van der Waals surface area contributed by atoms with Gasteiger partial charge in [0.1, 0.15) is 0 Å². The molecule has 1 aromatic rings. The Morgan fingerprint density at radius 1 is 1.36 bits per heavy atom. The van der Waals surface area contributed by atoms with Gasteiger partial charge in [0.05, 0.1) is 17.8 Å². The number of hydrogen-bond acceptors (Lipinski definition) is 2. The third kappa shape index (κ3) is 1.68. The van der Waals surface area contributed by atoms with Crippen LogP contribution in [-0.4, -0.2) is 16.8 Å². The third-order valence-corrected chi connectivity index (χ3v) is 3.01.